The van der Waals surface area contributed by atoms with E-state index in [1.54, 1.807) is 31.4 Å². The van der Waals surface area contributed by atoms with Crippen LogP contribution >= 0.6 is 22.9 Å². The number of benzene rings is 2. The van der Waals surface area contributed by atoms with E-state index in [0.29, 0.717) is 32.5 Å². The molecule has 0 radical (unpaired) electrons. The third-order valence-corrected chi connectivity index (χ3v) is 7.37. The smallest absolute Gasteiger partial charge is 0.337 e. The number of methoxy groups -OCH3 is 2. The monoisotopic (exact) mass is 512 g/mol. The lowest BCUT2D eigenvalue weighted by molar-refractivity contribution is 0.0600. The largest absolute Gasteiger partial charge is 0.495 e. The second-order valence-electron chi connectivity index (χ2n) is 8.09. The molecule has 3 aromatic rings. The number of hydrogen-bond acceptors (Lipinski definition) is 6. The van der Waals surface area contributed by atoms with Crippen LogP contribution in [0.5, 0.6) is 5.75 Å². The lowest BCUT2D eigenvalue weighted by atomic mass is 9.95. The molecule has 7 nitrogen and oxygen atoms in total. The van der Waals surface area contributed by atoms with Gasteiger partial charge in [0.15, 0.2) is 0 Å². The molecular formula is C26H25ClN2O5S. The van der Waals surface area contributed by atoms with Gasteiger partial charge in [-0.25, -0.2) is 4.79 Å². The summed E-state index contributed by atoms with van der Waals surface area (Å²) in [7, 11) is 2.85. The third kappa shape index (κ3) is 5.49. The lowest BCUT2D eigenvalue weighted by Gasteiger charge is -2.14. The first-order valence-electron chi connectivity index (χ1n) is 11.2. The van der Waals surface area contributed by atoms with Crippen LogP contribution in [0.25, 0.3) is 0 Å². The first-order chi connectivity index (χ1) is 16.9. The molecule has 1 heterocycles. The molecule has 9 heteroatoms. The normalized spacial score (nSPS) is 12.4. The van der Waals surface area contributed by atoms with Crippen LogP contribution in [0.2, 0.25) is 5.02 Å². The van der Waals surface area contributed by atoms with Gasteiger partial charge in [0, 0.05) is 17.0 Å². The molecule has 2 amide bonds. The molecule has 1 aliphatic carbocycles. The maximum atomic E-state index is 13.3. The number of esters is 1. The van der Waals surface area contributed by atoms with Gasteiger partial charge in [-0.3, -0.25) is 9.59 Å². The number of aryl methyl sites for hydroxylation is 1. The summed E-state index contributed by atoms with van der Waals surface area (Å²) >= 11 is 7.66. The molecule has 2 aromatic carbocycles. The highest BCUT2D eigenvalue weighted by molar-refractivity contribution is 7.17. The van der Waals surface area contributed by atoms with E-state index in [4.69, 9.17) is 21.1 Å². The number of fused-ring (bicyclic) bond motifs is 1. The quantitative estimate of drug-likeness (QED) is 0.421. The van der Waals surface area contributed by atoms with Crippen LogP contribution in [-0.2, 0) is 24.1 Å². The molecule has 0 bridgehead atoms. The average molecular weight is 513 g/mol. The van der Waals surface area contributed by atoms with Gasteiger partial charge >= 0.3 is 5.97 Å². The second-order valence-corrected chi connectivity index (χ2v) is 9.60. The van der Waals surface area contributed by atoms with Crippen LogP contribution in [0, 0.1) is 0 Å². The molecule has 0 aliphatic heterocycles. The summed E-state index contributed by atoms with van der Waals surface area (Å²) in [6.07, 6.45) is 3.74. The van der Waals surface area contributed by atoms with Gasteiger partial charge in [-0.1, -0.05) is 17.7 Å². The van der Waals surface area contributed by atoms with Crippen molar-refractivity contribution in [2.24, 2.45) is 0 Å². The van der Waals surface area contributed by atoms with Crippen LogP contribution in [-0.4, -0.2) is 32.0 Å². The molecule has 0 unspecified atom stereocenters. The summed E-state index contributed by atoms with van der Waals surface area (Å²) in [6, 6.07) is 11.5. The van der Waals surface area contributed by atoms with Crippen molar-refractivity contribution in [3.8, 4) is 5.75 Å². The highest BCUT2D eigenvalue weighted by Gasteiger charge is 2.26. The maximum Gasteiger partial charge on any atom is 0.337 e. The van der Waals surface area contributed by atoms with E-state index in [9.17, 15) is 14.4 Å². The van der Waals surface area contributed by atoms with Gasteiger partial charge in [0.1, 0.15) is 10.8 Å². The maximum absolute atomic E-state index is 13.3. The number of nitrogens with one attached hydrogen (secondary N) is 2. The molecule has 0 saturated heterocycles. The number of thiophene rings is 1. The molecule has 0 spiro atoms. The molecule has 1 aliphatic rings. The number of ether oxygens (including phenoxy) is 2. The number of halogens is 1. The highest BCUT2D eigenvalue weighted by Crippen LogP contribution is 2.38. The Morgan fingerprint density at radius 3 is 2.37 bits per heavy atom. The minimum absolute atomic E-state index is 0.243. The van der Waals surface area contributed by atoms with Gasteiger partial charge in [0.05, 0.1) is 30.4 Å². The summed E-state index contributed by atoms with van der Waals surface area (Å²) in [5, 5.41) is 6.88. The molecule has 1 aromatic heterocycles. The number of carbonyl (C=O) groups excluding carboxylic acids is 3. The third-order valence-electron chi connectivity index (χ3n) is 5.86. The Labute approximate surface area is 212 Å². The van der Waals surface area contributed by atoms with Gasteiger partial charge in [-0.15, -0.1) is 11.3 Å². The zero-order chi connectivity index (χ0) is 24.9. The Balaban J connectivity index is 1.54. The Kier molecular flexibility index (Phi) is 7.73. The molecule has 4 rings (SSSR count). The van der Waals surface area contributed by atoms with Crippen molar-refractivity contribution in [1.29, 1.82) is 0 Å². The number of anilines is 1. The summed E-state index contributed by atoms with van der Waals surface area (Å²) in [4.78, 5) is 39.0. The van der Waals surface area contributed by atoms with E-state index >= 15 is 0 Å². The van der Waals surface area contributed by atoms with Crippen molar-refractivity contribution < 1.29 is 23.9 Å². The van der Waals surface area contributed by atoms with Gasteiger partial charge in [-0.05, 0) is 73.2 Å². The summed E-state index contributed by atoms with van der Waals surface area (Å²) in [5.41, 5.74) is 3.09. The van der Waals surface area contributed by atoms with Crippen molar-refractivity contribution in [3.05, 3.63) is 80.2 Å². The Morgan fingerprint density at radius 1 is 0.971 bits per heavy atom. The molecule has 0 fully saturated rings. The lowest BCUT2D eigenvalue weighted by Crippen LogP contribution is -2.25. The van der Waals surface area contributed by atoms with Crippen LogP contribution in [0.1, 0.15) is 59.9 Å². The zero-order valence-corrected chi connectivity index (χ0v) is 21.0. The number of amides is 2. The van der Waals surface area contributed by atoms with Gasteiger partial charge in [0.25, 0.3) is 11.8 Å². The van der Waals surface area contributed by atoms with E-state index < -0.39 is 5.97 Å². The topological polar surface area (TPSA) is 93.7 Å². The van der Waals surface area contributed by atoms with E-state index in [-0.39, 0.29) is 18.4 Å². The minimum Gasteiger partial charge on any atom is -0.495 e. The Hall–Kier alpha value is -3.36. The molecule has 2 N–H and O–H groups in total. The molecular weight excluding hydrogens is 488 g/mol. The molecule has 182 valence electrons. The fourth-order valence-corrected chi connectivity index (χ4v) is 5.60. The second kappa shape index (κ2) is 10.9. The fourth-order valence-electron chi connectivity index (χ4n) is 4.04. The number of rotatable bonds is 7. The Bertz CT molecular complexity index is 1270. The average Bonchev–Trinajstić information content (AvgIpc) is 3.24. The predicted octanol–water partition coefficient (Wildman–Crippen LogP) is 5.26. The van der Waals surface area contributed by atoms with Crippen LogP contribution in [0.3, 0.4) is 0 Å². The van der Waals surface area contributed by atoms with E-state index in [0.717, 1.165) is 41.7 Å². The highest BCUT2D eigenvalue weighted by atomic mass is 35.5. The van der Waals surface area contributed by atoms with Crippen molar-refractivity contribution in [1.82, 2.24) is 5.32 Å². The Morgan fingerprint density at radius 2 is 1.69 bits per heavy atom. The molecule has 0 atom stereocenters. The van der Waals surface area contributed by atoms with E-state index in [1.807, 2.05) is 6.07 Å². The van der Waals surface area contributed by atoms with Gasteiger partial charge < -0.3 is 20.1 Å². The standard InChI is InChI=1S/C26H25ClN2O5S/c1-33-20-12-7-15(13-19(20)27)14-28-24(31)22-18-5-3-4-6-21(18)35-25(22)29-23(30)16-8-10-17(11-9-16)26(32)34-2/h7-13H,3-6,14H2,1-2H3,(H,28,31)(H,29,30). The first-order valence-corrected chi connectivity index (χ1v) is 12.4. The molecule has 35 heavy (non-hydrogen) atoms. The van der Waals surface area contributed by atoms with Crippen LogP contribution in [0.15, 0.2) is 42.5 Å². The van der Waals surface area contributed by atoms with Crippen molar-refractivity contribution in [2.45, 2.75) is 32.2 Å². The van der Waals surface area contributed by atoms with Crippen LogP contribution in [0.4, 0.5) is 5.00 Å². The summed E-state index contributed by atoms with van der Waals surface area (Å²) in [5.74, 6) is -0.498. The minimum atomic E-state index is -0.472. The first kappa shape index (κ1) is 24.8. The van der Waals surface area contributed by atoms with Crippen molar-refractivity contribution in [3.63, 3.8) is 0 Å². The van der Waals surface area contributed by atoms with Crippen molar-refractivity contribution >= 4 is 45.7 Å². The zero-order valence-electron chi connectivity index (χ0n) is 19.4. The number of hydrogen-bond donors (Lipinski definition) is 2. The summed E-state index contributed by atoms with van der Waals surface area (Å²) < 4.78 is 9.88. The van der Waals surface area contributed by atoms with E-state index in [1.165, 1.54) is 30.6 Å². The summed E-state index contributed by atoms with van der Waals surface area (Å²) in [6.45, 7) is 0.287. The predicted molar refractivity (Wildman–Crippen MR) is 136 cm³/mol. The van der Waals surface area contributed by atoms with Crippen LogP contribution < -0.4 is 15.4 Å². The van der Waals surface area contributed by atoms with E-state index in [2.05, 4.69) is 10.6 Å². The fraction of sp³-hybridized carbons (Fsp3) is 0.269. The molecule has 0 saturated carbocycles. The van der Waals surface area contributed by atoms with Gasteiger partial charge in [0.2, 0.25) is 0 Å². The SMILES string of the molecule is COC(=O)c1ccc(C(=O)Nc2sc3c(c2C(=O)NCc2ccc(OC)c(Cl)c2)CCCC3)cc1. The van der Waals surface area contributed by atoms with Crippen molar-refractivity contribution in [2.75, 3.05) is 19.5 Å². The van der Waals surface area contributed by atoms with Gasteiger partial charge in [-0.2, -0.15) is 0 Å². The number of carbonyl (C=O) groups is 3.